The molecule has 4 heterocycles. The highest BCUT2D eigenvalue weighted by molar-refractivity contribution is 8.31. The Morgan fingerprint density at radius 1 is 0.250 bits per heavy atom. The Kier molecular flexibility index (Phi) is 14.3. The SMILES string of the molecule is COC(=O)C1=C(C(=O)OC)SC(=C2C(=C3SC(C(=O)OC)=C(C(=O)OC)S3)C(=C3SC(C(=O)OC)=C(C(=O)OC)S3)C2=C2SC(C(=O)OC)=C(C(=O)OC)S2)S1. The Morgan fingerprint density at radius 2 is 0.357 bits per heavy atom. The molecule has 0 amide bonds. The largest absolute Gasteiger partial charge is 0.465 e. The summed E-state index contributed by atoms with van der Waals surface area (Å²) in [5.74, 6) is -6.81. The molecule has 0 radical (unpaired) electrons. The highest BCUT2D eigenvalue weighted by Crippen LogP contribution is 2.70. The number of methoxy groups -OCH3 is 8. The Bertz CT molecular complexity index is 1740. The van der Waals surface area contributed by atoms with Crippen LogP contribution < -0.4 is 0 Å². The smallest absolute Gasteiger partial charge is 0.346 e. The van der Waals surface area contributed by atoms with Gasteiger partial charge in [0.15, 0.2) is 0 Å². The van der Waals surface area contributed by atoms with Gasteiger partial charge in [0.25, 0.3) is 0 Å². The molecule has 296 valence electrons. The number of esters is 8. The molecular formula is C32H24O16S8. The number of rotatable bonds is 8. The van der Waals surface area contributed by atoms with Gasteiger partial charge in [0.2, 0.25) is 0 Å². The van der Waals surface area contributed by atoms with Crippen LogP contribution in [-0.4, -0.2) is 105 Å². The lowest BCUT2D eigenvalue weighted by Crippen LogP contribution is -2.18. The van der Waals surface area contributed by atoms with Crippen molar-refractivity contribution in [3.05, 3.63) is 78.5 Å². The predicted octanol–water partition coefficient (Wildman–Crippen LogP) is 5.00. The first kappa shape index (κ1) is 43.6. The molecule has 0 atom stereocenters. The van der Waals surface area contributed by atoms with Crippen molar-refractivity contribution in [2.75, 3.05) is 56.9 Å². The number of allylic oxidation sites excluding steroid dienone is 4. The van der Waals surface area contributed by atoms with Crippen molar-refractivity contribution in [3.8, 4) is 0 Å². The molecule has 0 spiro atoms. The first-order valence-electron chi connectivity index (χ1n) is 14.8. The van der Waals surface area contributed by atoms with Gasteiger partial charge in [-0.25, -0.2) is 38.4 Å². The van der Waals surface area contributed by atoms with Crippen molar-refractivity contribution in [2.45, 2.75) is 0 Å². The van der Waals surface area contributed by atoms with Crippen LogP contribution in [0.1, 0.15) is 0 Å². The van der Waals surface area contributed by atoms with Crippen LogP contribution in [0, 0.1) is 0 Å². The molecule has 1 fully saturated rings. The van der Waals surface area contributed by atoms with Crippen molar-refractivity contribution in [1.82, 2.24) is 0 Å². The minimum absolute atomic E-state index is 0.111. The second kappa shape index (κ2) is 18.4. The molecule has 0 unspecified atom stereocenters. The van der Waals surface area contributed by atoms with Gasteiger partial charge in [0.05, 0.1) is 73.8 Å². The van der Waals surface area contributed by atoms with Gasteiger partial charge in [0, 0.05) is 22.3 Å². The van der Waals surface area contributed by atoms with Gasteiger partial charge < -0.3 is 37.9 Å². The Balaban J connectivity index is 1.88. The van der Waals surface area contributed by atoms with Crippen LogP contribution in [0.25, 0.3) is 0 Å². The number of hydrogen-bond donors (Lipinski definition) is 0. The zero-order valence-corrected chi connectivity index (χ0v) is 36.3. The number of carbonyl (C=O) groups excluding carboxylic acids is 8. The van der Waals surface area contributed by atoms with Gasteiger partial charge >= 0.3 is 47.8 Å². The summed E-state index contributed by atoms with van der Waals surface area (Å²) in [5.41, 5.74) is 1.30. The first-order chi connectivity index (χ1) is 26.7. The Morgan fingerprint density at radius 3 is 0.446 bits per heavy atom. The van der Waals surface area contributed by atoms with Crippen LogP contribution in [0.4, 0.5) is 0 Å². The molecule has 16 nitrogen and oxygen atoms in total. The summed E-state index contributed by atoms with van der Waals surface area (Å²) < 4.78 is 41.0. The number of ether oxygens (including phenoxy) is 8. The lowest BCUT2D eigenvalue weighted by atomic mass is 9.78. The van der Waals surface area contributed by atoms with Gasteiger partial charge in [-0.3, -0.25) is 0 Å². The van der Waals surface area contributed by atoms with Crippen molar-refractivity contribution in [3.63, 3.8) is 0 Å². The lowest BCUT2D eigenvalue weighted by Gasteiger charge is -2.35. The molecule has 0 aromatic heterocycles. The Hall–Kier alpha value is -3.52. The summed E-state index contributed by atoms with van der Waals surface area (Å²) in [6, 6.07) is 0. The zero-order valence-electron chi connectivity index (χ0n) is 29.8. The van der Waals surface area contributed by atoms with Crippen LogP contribution in [0.3, 0.4) is 0 Å². The average molecular weight is 921 g/mol. The minimum atomic E-state index is -0.851. The van der Waals surface area contributed by atoms with E-state index in [1.165, 1.54) is 0 Å². The molecule has 4 aliphatic heterocycles. The van der Waals surface area contributed by atoms with E-state index >= 15 is 0 Å². The zero-order chi connectivity index (χ0) is 41.2. The van der Waals surface area contributed by atoms with Gasteiger partial charge in [-0.05, 0) is 0 Å². The van der Waals surface area contributed by atoms with E-state index in [4.69, 9.17) is 37.9 Å². The van der Waals surface area contributed by atoms with Crippen molar-refractivity contribution in [2.24, 2.45) is 0 Å². The third-order valence-electron chi connectivity index (χ3n) is 7.17. The second-order valence-electron chi connectivity index (χ2n) is 10.0. The molecule has 0 aromatic rings. The van der Waals surface area contributed by atoms with Crippen molar-refractivity contribution < 1.29 is 76.3 Å². The predicted molar refractivity (Wildman–Crippen MR) is 213 cm³/mol. The summed E-state index contributed by atoms with van der Waals surface area (Å²) in [5, 5.41) is 0. The third-order valence-corrected chi connectivity index (χ3v) is 17.4. The summed E-state index contributed by atoms with van der Waals surface area (Å²) in [6.07, 6.45) is 0. The molecule has 24 heteroatoms. The van der Waals surface area contributed by atoms with Gasteiger partial charge in [-0.1, -0.05) is 94.1 Å². The van der Waals surface area contributed by atoms with E-state index in [-0.39, 0.29) is 39.2 Å². The van der Waals surface area contributed by atoms with E-state index in [1.807, 2.05) is 0 Å². The van der Waals surface area contributed by atoms with Crippen LogP contribution >= 0.6 is 94.1 Å². The topological polar surface area (TPSA) is 210 Å². The first-order valence-corrected chi connectivity index (χ1v) is 21.3. The van der Waals surface area contributed by atoms with Gasteiger partial charge in [0.1, 0.15) is 39.2 Å². The molecule has 1 aliphatic carbocycles. The fourth-order valence-electron chi connectivity index (χ4n) is 4.67. The van der Waals surface area contributed by atoms with E-state index in [0.717, 1.165) is 151 Å². The molecule has 5 rings (SSSR count). The number of hydrogen-bond acceptors (Lipinski definition) is 24. The van der Waals surface area contributed by atoms with E-state index in [1.54, 1.807) is 0 Å². The normalized spacial score (nSPS) is 18.1. The molecule has 0 N–H and O–H groups in total. The molecule has 56 heavy (non-hydrogen) atoms. The van der Waals surface area contributed by atoms with Crippen LogP contribution in [0.2, 0.25) is 0 Å². The van der Waals surface area contributed by atoms with Gasteiger partial charge in [-0.2, -0.15) is 0 Å². The van der Waals surface area contributed by atoms with Gasteiger partial charge in [-0.15, -0.1) is 0 Å². The summed E-state index contributed by atoms with van der Waals surface area (Å²) in [4.78, 5) is 103. The van der Waals surface area contributed by atoms with Crippen LogP contribution in [-0.2, 0) is 76.3 Å². The quantitative estimate of drug-likeness (QED) is 0.232. The maximum Gasteiger partial charge on any atom is 0.346 e. The maximum absolute atomic E-state index is 13.0. The minimum Gasteiger partial charge on any atom is -0.465 e. The molecule has 0 aromatic carbocycles. The van der Waals surface area contributed by atoms with Crippen molar-refractivity contribution in [1.29, 1.82) is 0 Å². The Labute approximate surface area is 351 Å². The van der Waals surface area contributed by atoms with Crippen LogP contribution in [0.5, 0.6) is 0 Å². The monoisotopic (exact) mass is 920 g/mol. The lowest BCUT2D eigenvalue weighted by molar-refractivity contribution is -0.138. The highest BCUT2D eigenvalue weighted by Gasteiger charge is 2.50. The molecule has 0 bridgehead atoms. The average Bonchev–Trinajstić information content (AvgIpc) is 4.03. The van der Waals surface area contributed by atoms with Crippen LogP contribution in [0.15, 0.2) is 78.5 Å². The van der Waals surface area contributed by atoms with E-state index < -0.39 is 47.8 Å². The summed E-state index contributed by atoms with van der Waals surface area (Å²) >= 11 is 6.93. The van der Waals surface area contributed by atoms with E-state index in [2.05, 4.69) is 0 Å². The molecule has 0 saturated heterocycles. The summed E-state index contributed by atoms with van der Waals surface area (Å²) in [6.45, 7) is 0. The second-order valence-corrected chi connectivity index (χ2v) is 19.2. The number of thioether (sulfide) groups is 8. The standard InChI is InChI=1S/C32H24O16S8/c1-41-21(33)13-14(22(34)42-2)50-29(49-13)9-10(30-51-15(23(35)43-3)16(52-30)24(36)44-4)12(32-55-19(27(39)47-7)20(56-32)28(40)48-8)11(9)31-53-17(25(37)45-5)18(54-31)26(38)46-6/h1-8H3. The molecule has 1 saturated carbocycles. The number of carbonyl (C=O) groups is 8. The fraction of sp³-hybridized carbons (Fsp3) is 0.250. The highest BCUT2D eigenvalue weighted by atomic mass is 32.2. The van der Waals surface area contributed by atoms with E-state index in [9.17, 15) is 38.4 Å². The fourth-order valence-corrected chi connectivity index (χ4v) is 15.0. The summed E-state index contributed by atoms with van der Waals surface area (Å²) in [7, 11) is 9.05. The molecular weight excluding hydrogens is 897 g/mol. The molecule has 5 aliphatic rings. The third kappa shape index (κ3) is 7.98. The maximum atomic E-state index is 13.0. The van der Waals surface area contributed by atoms with E-state index in [0.29, 0.717) is 39.2 Å². The van der Waals surface area contributed by atoms with Crippen molar-refractivity contribution >= 4 is 142 Å².